The molecular weight excluding hydrogens is 306 g/mol. The zero-order chi connectivity index (χ0) is 16.2. The third-order valence-electron chi connectivity index (χ3n) is 4.35. The van der Waals surface area contributed by atoms with E-state index in [-0.39, 0.29) is 6.10 Å². The standard InChI is InChI=1S/C19H23NO2S/c1-15-5-3-4-6-18(15)19-14-20(11-12-22-19)13-16-7-9-17(10-8-16)23(2)21/h3-10,19H,11-14H2,1-2H3/t19-,23+/m1/s1. The lowest BCUT2D eigenvalue weighted by molar-refractivity contribution is -0.0332. The van der Waals surface area contributed by atoms with Gasteiger partial charge in [0.2, 0.25) is 0 Å². The second kappa shape index (κ2) is 7.39. The molecule has 1 heterocycles. The van der Waals surface area contributed by atoms with Crippen molar-refractivity contribution in [2.75, 3.05) is 26.0 Å². The number of benzene rings is 2. The molecule has 1 saturated heterocycles. The Balaban J connectivity index is 1.67. The second-order valence-corrected chi connectivity index (χ2v) is 7.43. The molecule has 0 radical (unpaired) electrons. The van der Waals surface area contributed by atoms with Crippen LogP contribution >= 0.6 is 0 Å². The molecule has 1 aliphatic heterocycles. The Morgan fingerprint density at radius 1 is 1.17 bits per heavy atom. The summed E-state index contributed by atoms with van der Waals surface area (Å²) in [6, 6.07) is 16.5. The molecule has 0 N–H and O–H groups in total. The molecular formula is C19H23NO2S. The smallest absolute Gasteiger partial charge is 0.0955 e. The third-order valence-corrected chi connectivity index (χ3v) is 5.28. The van der Waals surface area contributed by atoms with Crippen molar-refractivity contribution in [3.8, 4) is 0 Å². The van der Waals surface area contributed by atoms with E-state index < -0.39 is 10.8 Å². The van der Waals surface area contributed by atoms with Crippen molar-refractivity contribution in [2.24, 2.45) is 0 Å². The van der Waals surface area contributed by atoms with Crippen LogP contribution in [-0.2, 0) is 22.1 Å². The number of ether oxygens (including phenoxy) is 1. The van der Waals surface area contributed by atoms with Crippen LogP contribution in [0.3, 0.4) is 0 Å². The van der Waals surface area contributed by atoms with Crippen LogP contribution in [-0.4, -0.2) is 35.1 Å². The topological polar surface area (TPSA) is 29.5 Å². The van der Waals surface area contributed by atoms with Crippen LogP contribution in [0.25, 0.3) is 0 Å². The molecule has 2 aromatic rings. The summed E-state index contributed by atoms with van der Waals surface area (Å²) in [5, 5.41) is 0. The Hall–Kier alpha value is -1.49. The molecule has 23 heavy (non-hydrogen) atoms. The van der Waals surface area contributed by atoms with E-state index in [9.17, 15) is 4.21 Å². The average Bonchev–Trinajstić information content (AvgIpc) is 2.56. The van der Waals surface area contributed by atoms with Crippen molar-refractivity contribution in [3.05, 3.63) is 65.2 Å². The Morgan fingerprint density at radius 3 is 2.61 bits per heavy atom. The van der Waals surface area contributed by atoms with Gasteiger partial charge in [0.1, 0.15) is 0 Å². The van der Waals surface area contributed by atoms with E-state index in [4.69, 9.17) is 4.74 Å². The monoisotopic (exact) mass is 329 g/mol. The number of nitrogens with zero attached hydrogens (tertiary/aromatic N) is 1. The Bertz CT molecular complexity index is 684. The van der Waals surface area contributed by atoms with E-state index in [0.29, 0.717) is 0 Å². The average molecular weight is 329 g/mol. The molecule has 0 saturated carbocycles. The Morgan fingerprint density at radius 2 is 1.91 bits per heavy atom. The lowest BCUT2D eigenvalue weighted by atomic mass is 10.0. The van der Waals surface area contributed by atoms with Gasteiger partial charge in [-0.15, -0.1) is 0 Å². The van der Waals surface area contributed by atoms with E-state index in [1.165, 1.54) is 16.7 Å². The van der Waals surface area contributed by atoms with Gasteiger partial charge in [0, 0.05) is 41.6 Å². The summed E-state index contributed by atoms with van der Waals surface area (Å²) in [7, 11) is -0.911. The third kappa shape index (κ3) is 4.08. The SMILES string of the molecule is Cc1ccccc1[C@H]1CN(Cc2ccc([S@](C)=O)cc2)CCO1. The molecule has 0 spiro atoms. The predicted molar refractivity (Wildman–Crippen MR) is 93.9 cm³/mol. The van der Waals surface area contributed by atoms with Crippen LogP contribution in [0.1, 0.15) is 22.8 Å². The van der Waals surface area contributed by atoms with Crippen LogP contribution in [0.4, 0.5) is 0 Å². The number of morpholine rings is 1. The molecule has 0 amide bonds. The van der Waals surface area contributed by atoms with Gasteiger partial charge in [-0.2, -0.15) is 0 Å². The van der Waals surface area contributed by atoms with Crippen molar-refractivity contribution in [3.63, 3.8) is 0 Å². The van der Waals surface area contributed by atoms with E-state index in [0.717, 1.165) is 31.1 Å². The molecule has 2 atom stereocenters. The van der Waals surface area contributed by atoms with Gasteiger partial charge in [0.05, 0.1) is 12.7 Å². The van der Waals surface area contributed by atoms with Crippen molar-refractivity contribution < 1.29 is 8.95 Å². The highest BCUT2D eigenvalue weighted by molar-refractivity contribution is 7.84. The highest BCUT2D eigenvalue weighted by Crippen LogP contribution is 2.25. The van der Waals surface area contributed by atoms with Crippen molar-refractivity contribution in [2.45, 2.75) is 24.5 Å². The van der Waals surface area contributed by atoms with Gasteiger partial charge >= 0.3 is 0 Å². The molecule has 0 aromatic heterocycles. The molecule has 1 aliphatic rings. The van der Waals surface area contributed by atoms with E-state index in [1.54, 1.807) is 6.26 Å². The molecule has 4 heteroatoms. The second-order valence-electron chi connectivity index (χ2n) is 6.05. The summed E-state index contributed by atoms with van der Waals surface area (Å²) in [6.07, 6.45) is 1.86. The zero-order valence-corrected chi connectivity index (χ0v) is 14.5. The number of aryl methyl sites for hydroxylation is 1. The number of hydrogen-bond donors (Lipinski definition) is 0. The first-order valence-corrected chi connectivity index (χ1v) is 9.51. The van der Waals surface area contributed by atoms with E-state index in [1.807, 2.05) is 12.1 Å². The maximum absolute atomic E-state index is 11.5. The summed E-state index contributed by atoms with van der Waals surface area (Å²) < 4.78 is 17.4. The summed E-state index contributed by atoms with van der Waals surface area (Å²) in [5.74, 6) is 0. The zero-order valence-electron chi connectivity index (χ0n) is 13.7. The fourth-order valence-corrected chi connectivity index (χ4v) is 3.55. The van der Waals surface area contributed by atoms with E-state index in [2.05, 4.69) is 48.2 Å². The van der Waals surface area contributed by atoms with E-state index >= 15 is 0 Å². The maximum Gasteiger partial charge on any atom is 0.0955 e. The van der Waals surface area contributed by atoms with Crippen LogP contribution < -0.4 is 0 Å². The van der Waals surface area contributed by atoms with Gasteiger partial charge in [-0.1, -0.05) is 36.4 Å². The predicted octanol–water partition coefficient (Wildman–Crippen LogP) is 3.31. The van der Waals surface area contributed by atoms with Gasteiger partial charge in [0.25, 0.3) is 0 Å². The quantitative estimate of drug-likeness (QED) is 0.862. The molecule has 3 rings (SSSR count). The number of hydrogen-bond acceptors (Lipinski definition) is 3. The summed E-state index contributed by atoms with van der Waals surface area (Å²) in [4.78, 5) is 3.31. The van der Waals surface area contributed by atoms with Crippen molar-refractivity contribution in [1.82, 2.24) is 4.90 Å². The van der Waals surface area contributed by atoms with Crippen molar-refractivity contribution in [1.29, 1.82) is 0 Å². The fourth-order valence-electron chi connectivity index (χ4n) is 3.03. The Kier molecular flexibility index (Phi) is 5.26. The molecule has 1 fully saturated rings. The number of rotatable bonds is 4. The molecule has 122 valence electrons. The summed E-state index contributed by atoms with van der Waals surface area (Å²) >= 11 is 0. The first-order chi connectivity index (χ1) is 11.1. The van der Waals surface area contributed by atoms with Gasteiger partial charge in [-0.05, 0) is 35.7 Å². The van der Waals surface area contributed by atoms with Gasteiger partial charge < -0.3 is 4.74 Å². The Labute approximate surface area is 140 Å². The van der Waals surface area contributed by atoms with Crippen LogP contribution in [0.15, 0.2) is 53.4 Å². The van der Waals surface area contributed by atoms with Gasteiger partial charge in [0.15, 0.2) is 0 Å². The maximum atomic E-state index is 11.5. The molecule has 2 aromatic carbocycles. The van der Waals surface area contributed by atoms with Gasteiger partial charge in [-0.25, -0.2) is 0 Å². The van der Waals surface area contributed by atoms with Crippen molar-refractivity contribution >= 4 is 10.8 Å². The normalized spacial score (nSPS) is 20.3. The molecule has 0 unspecified atom stereocenters. The first-order valence-electron chi connectivity index (χ1n) is 7.95. The minimum absolute atomic E-state index is 0.146. The van der Waals surface area contributed by atoms with Gasteiger partial charge in [-0.3, -0.25) is 9.11 Å². The summed E-state index contributed by atoms with van der Waals surface area (Å²) in [6.45, 7) is 5.66. The minimum atomic E-state index is -0.911. The molecule has 3 nitrogen and oxygen atoms in total. The highest BCUT2D eigenvalue weighted by Gasteiger charge is 2.23. The summed E-state index contributed by atoms with van der Waals surface area (Å²) in [5.41, 5.74) is 3.83. The highest BCUT2D eigenvalue weighted by atomic mass is 32.2. The van der Waals surface area contributed by atoms with Crippen LogP contribution in [0.5, 0.6) is 0 Å². The fraction of sp³-hybridized carbons (Fsp3) is 0.368. The lowest BCUT2D eigenvalue weighted by Gasteiger charge is -2.33. The van der Waals surface area contributed by atoms with Crippen LogP contribution in [0, 0.1) is 6.92 Å². The molecule has 0 aliphatic carbocycles. The largest absolute Gasteiger partial charge is 0.371 e. The minimum Gasteiger partial charge on any atom is -0.371 e. The first kappa shape index (κ1) is 16.4. The molecule has 0 bridgehead atoms. The lowest BCUT2D eigenvalue weighted by Crippen LogP contribution is -2.38. The van der Waals surface area contributed by atoms with Crippen LogP contribution in [0.2, 0.25) is 0 Å².